The van der Waals surface area contributed by atoms with Crippen LogP contribution in [-0.4, -0.2) is 23.7 Å². The molecule has 0 aliphatic carbocycles. The fourth-order valence-electron chi connectivity index (χ4n) is 2.88. The minimum atomic E-state index is -0.471. The zero-order valence-electron chi connectivity index (χ0n) is 16.8. The van der Waals surface area contributed by atoms with E-state index in [1.807, 2.05) is 6.92 Å². The normalized spacial score (nSPS) is 13.9. The maximum absolute atomic E-state index is 10.8. The molecule has 0 radical (unpaired) electrons. The first-order valence-corrected chi connectivity index (χ1v) is 9.34. The van der Waals surface area contributed by atoms with E-state index in [9.17, 15) is 9.90 Å². The summed E-state index contributed by atoms with van der Waals surface area (Å²) in [6.07, 6.45) is 10.7. The summed E-state index contributed by atoms with van der Waals surface area (Å²) in [5, 5.41) is 12.4. The average molecular weight is 356 g/mol. The number of unbranched alkanes of at least 4 members (excludes halogenated alkanes) is 1. The van der Waals surface area contributed by atoms with Crippen molar-refractivity contribution >= 4 is 17.6 Å². The van der Waals surface area contributed by atoms with Crippen molar-refractivity contribution < 1.29 is 9.90 Å². The van der Waals surface area contributed by atoms with E-state index in [2.05, 4.69) is 68.6 Å². The van der Waals surface area contributed by atoms with Crippen LogP contribution in [0.1, 0.15) is 63.6 Å². The highest BCUT2D eigenvalue weighted by Gasteiger charge is 2.04. The number of carbonyl (C=O) groups excluding carboxylic acids is 1. The molecule has 0 unspecified atom stereocenters. The molecule has 0 saturated carbocycles. The summed E-state index contributed by atoms with van der Waals surface area (Å²) in [6, 6.07) is 6.54. The van der Waals surface area contributed by atoms with Gasteiger partial charge in [-0.2, -0.15) is 0 Å². The van der Waals surface area contributed by atoms with Gasteiger partial charge in [0.05, 0.1) is 6.10 Å². The highest BCUT2D eigenvalue weighted by Crippen LogP contribution is 2.23. The summed E-state index contributed by atoms with van der Waals surface area (Å²) in [4.78, 5) is 10.8. The predicted octanol–water partition coefficient (Wildman–Crippen LogP) is 5.05. The number of benzene rings is 1. The Labute approximate surface area is 158 Å². The number of allylic oxidation sites excluding steroid dienone is 5. The third-order valence-corrected chi connectivity index (χ3v) is 4.22. The van der Waals surface area contributed by atoms with E-state index in [-0.39, 0.29) is 5.91 Å². The molecular weight excluding hydrogens is 322 g/mol. The van der Waals surface area contributed by atoms with E-state index in [0.29, 0.717) is 13.0 Å². The van der Waals surface area contributed by atoms with Gasteiger partial charge in [-0.1, -0.05) is 53.6 Å². The summed E-state index contributed by atoms with van der Waals surface area (Å²) in [6.45, 7) is 10.2. The lowest BCUT2D eigenvalue weighted by molar-refractivity contribution is -0.119. The van der Waals surface area contributed by atoms with Crippen molar-refractivity contribution in [2.75, 3.05) is 6.54 Å². The molecule has 2 N–H and O–H groups in total. The van der Waals surface area contributed by atoms with E-state index in [1.165, 1.54) is 34.8 Å². The second-order valence-corrected chi connectivity index (χ2v) is 6.89. The number of hydrogen-bond acceptors (Lipinski definition) is 2. The lowest BCUT2D eigenvalue weighted by atomic mass is 9.96. The molecule has 0 heterocycles. The van der Waals surface area contributed by atoms with Crippen molar-refractivity contribution in [1.29, 1.82) is 0 Å². The first-order chi connectivity index (χ1) is 12.3. The van der Waals surface area contributed by atoms with Crippen LogP contribution in [0.25, 0.3) is 11.6 Å². The van der Waals surface area contributed by atoms with Gasteiger partial charge in [0.15, 0.2) is 0 Å². The number of carbonyl (C=O) groups is 1. The van der Waals surface area contributed by atoms with Gasteiger partial charge in [-0.25, -0.2) is 0 Å². The Morgan fingerprint density at radius 3 is 2.65 bits per heavy atom. The smallest absolute Gasteiger partial charge is 0.216 e. The van der Waals surface area contributed by atoms with Crippen LogP contribution in [0, 0.1) is 6.92 Å². The molecule has 0 aromatic heterocycles. The maximum atomic E-state index is 10.8. The van der Waals surface area contributed by atoms with Crippen LogP contribution >= 0.6 is 0 Å². The van der Waals surface area contributed by atoms with Crippen molar-refractivity contribution in [3.05, 3.63) is 58.7 Å². The van der Waals surface area contributed by atoms with E-state index in [1.54, 1.807) is 0 Å². The standard InChI is InChI=1S/C23H33NO2/c1-6-9-21-15-18(3)12-13-23(21)19(4)14-17(2)10-7-8-11-22(26)16-24-20(5)25/h6,9-10,12-15,22,26H,7-8,11,16H2,1-5H3,(H,24,25)/b9-6-,17-10+,19-14-/t22-/m0/s1. The van der Waals surface area contributed by atoms with Crippen LogP contribution in [0.4, 0.5) is 0 Å². The first-order valence-electron chi connectivity index (χ1n) is 9.34. The van der Waals surface area contributed by atoms with Crippen LogP contribution in [-0.2, 0) is 4.79 Å². The van der Waals surface area contributed by atoms with Gasteiger partial charge in [0, 0.05) is 13.5 Å². The van der Waals surface area contributed by atoms with Crippen LogP contribution in [0.5, 0.6) is 0 Å². The minimum absolute atomic E-state index is 0.103. The zero-order valence-corrected chi connectivity index (χ0v) is 16.8. The SMILES string of the molecule is C/C=C\c1cc(C)ccc1/C(C)=C\C(C)=C\CCC[C@H](O)CNC(C)=O. The van der Waals surface area contributed by atoms with Crippen molar-refractivity contribution in [3.8, 4) is 0 Å². The largest absolute Gasteiger partial charge is 0.391 e. The van der Waals surface area contributed by atoms with Crippen LogP contribution < -0.4 is 5.32 Å². The lowest BCUT2D eigenvalue weighted by Crippen LogP contribution is -2.30. The Balaban J connectivity index is 2.63. The van der Waals surface area contributed by atoms with Crippen LogP contribution in [0.15, 0.2) is 42.0 Å². The number of rotatable bonds is 9. The van der Waals surface area contributed by atoms with Crippen molar-refractivity contribution in [2.45, 2.75) is 60.0 Å². The second-order valence-electron chi connectivity index (χ2n) is 6.89. The van der Waals surface area contributed by atoms with Crippen LogP contribution in [0.3, 0.4) is 0 Å². The molecule has 1 amide bonds. The van der Waals surface area contributed by atoms with Gasteiger partial charge in [-0.15, -0.1) is 0 Å². The number of aryl methyl sites for hydroxylation is 1. The molecule has 142 valence electrons. The van der Waals surface area contributed by atoms with Crippen LogP contribution in [0.2, 0.25) is 0 Å². The van der Waals surface area contributed by atoms with Gasteiger partial charge in [0.1, 0.15) is 0 Å². The average Bonchev–Trinajstić information content (AvgIpc) is 2.57. The Morgan fingerprint density at radius 2 is 2.00 bits per heavy atom. The lowest BCUT2D eigenvalue weighted by Gasteiger charge is -2.10. The highest BCUT2D eigenvalue weighted by molar-refractivity contribution is 5.75. The molecule has 0 bridgehead atoms. The van der Waals surface area contributed by atoms with E-state index < -0.39 is 6.10 Å². The summed E-state index contributed by atoms with van der Waals surface area (Å²) >= 11 is 0. The third kappa shape index (κ3) is 8.30. The number of nitrogens with one attached hydrogen (secondary N) is 1. The van der Waals surface area contributed by atoms with Crippen molar-refractivity contribution in [3.63, 3.8) is 0 Å². The number of aliphatic hydroxyl groups excluding tert-OH is 1. The van der Waals surface area contributed by atoms with Gasteiger partial charge in [0.25, 0.3) is 0 Å². The fraction of sp³-hybridized carbons (Fsp3) is 0.435. The van der Waals surface area contributed by atoms with Gasteiger partial charge < -0.3 is 10.4 Å². The Bertz CT molecular complexity index is 683. The molecule has 1 atom stereocenters. The molecular formula is C23H33NO2. The van der Waals surface area contributed by atoms with Crippen molar-refractivity contribution in [2.24, 2.45) is 0 Å². The maximum Gasteiger partial charge on any atom is 0.216 e. The van der Waals surface area contributed by atoms with E-state index in [4.69, 9.17) is 0 Å². The fourth-order valence-corrected chi connectivity index (χ4v) is 2.88. The summed E-state index contributed by atoms with van der Waals surface area (Å²) < 4.78 is 0. The molecule has 0 saturated heterocycles. The number of hydrogen-bond donors (Lipinski definition) is 2. The molecule has 0 aliphatic heterocycles. The molecule has 1 rings (SSSR count). The molecule has 26 heavy (non-hydrogen) atoms. The predicted molar refractivity (Wildman–Crippen MR) is 112 cm³/mol. The van der Waals surface area contributed by atoms with E-state index >= 15 is 0 Å². The summed E-state index contributed by atoms with van der Waals surface area (Å²) in [5.74, 6) is -0.103. The topological polar surface area (TPSA) is 49.3 Å². The number of amides is 1. The van der Waals surface area contributed by atoms with Crippen molar-refractivity contribution in [1.82, 2.24) is 5.32 Å². The monoisotopic (exact) mass is 355 g/mol. The number of aliphatic hydroxyl groups is 1. The Morgan fingerprint density at radius 1 is 1.27 bits per heavy atom. The van der Waals surface area contributed by atoms with Gasteiger partial charge in [-0.3, -0.25) is 4.79 Å². The summed E-state index contributed by atoms with van der Waals surface area (Å²) in [7, 11) is 0. The molecule has 3 nitrogen and oxygen atoms in total. The van der Waals surface area contributed by atoms with Gasteiger partial charge in [0.2, 0.25) is 5.91 Å². The molecule has 0 fully saturated rings. The molecule has 0 spiro atoms. The molecule has 0 aliphatic rings. The quantitative estimate of drug-likeness (QED) is 0.481. The third-order valence-electron chi connectivity index (χ3n) is 4.22. The van der Waals surface area contributed by atoms with Gasteiger partial charge in [-0.05, 0) is 63.7 Å². The van der Waals surface area contributed by atoms with Gasteiger partial charge >= 0.3 is 0 Å². The Kier molecular flexibility index (Phi) is 9.67. The zero-order chi connectivity index (χ0) is 19.5. The minimum Gasteiger partial charge on any atom is -0.391 e. The summed E-state index contributed by atoms with van der Waals surface area (Å²) in [5.41, 5.74) is 6.24. The molecule has 1 aromatic rings. The second kappa shape index (κ2) is 11.5. The highest BCUT2D eigenvalue weighted by atomic mass is 16.3. The molecule has 3 heteroatoms. The Hall–Kier alpha value is -2.13. The molecule has 1 aromatic carbocycles. The van der Waals surface area contributed by atoms with E-state index in [0.717, 1.165) is 12.8 Å². The first kappa shape index (κ1) is 21.9.